The fourth-order valence-electron chi connectivity index (χ4n) is 3.29. The van der Waals surface area contributed by atoms with Crippen LogP contribution in [0.1, 0.15) is 43.4 Å². The maximum atomic E-state index is 5.98. The van der Waals surface area contributed by atoms with Crippen molar-refractivity contribution in [3.8, 4) is 11.5 Å². The molecule has 1 aromatic carbocycles. The Hall–Kier alpha value is -2.80. The van der Waals surface area contributed by atoms with Crippen molar-refractivity contribution in [2.45, 2.75) is 60.4 Å². The number of aromatic nitrogens is 3. The summed E-state index contributed by atoms with van der Waals surface area (Å²) in [7, 11) is 1.66. The lowest BCUT2D eigenvalue weighted by Crippen LogP contribution is -2.42. The zero-order chi connectivity index (χ0) is 21.7. The average Bonchev–Trinajstić information content (AvgIpc) is 3.33. The van der Waals surface area contributed by atoms with Gasteiger partial charge in [0.1, 0.15) is 12.4 Å². The molecule has 0 unspecified atom stereocenters. The van der Waals surface area contributed by atoms with E-state index in [4.69, 9.17) is 14.0 Å². The first-order valence-corrected chi connectivity index (χ1v) is 10.2. The second kappa shape index (κ2) is 9.34. The number of rotatable bonds is 9. The molecule has 0 aliphatic rings. The molecule has 0 saturated carbocycles. The van der Waals surface area contributed by atoms with Gasteiger partial charge in [0.2, 0.25) is 0 Å². The van der Waals surface area contributed by atoms with Crippen LogP contribution < -0.4 is 14.8 Å². The van der Waals surface area contributed by atoms with Crippen molar-refractivity contribution in [2.75, 3.05) is 7.11 Å². The lowest BCUT2D eigenvalue weighted by Gasteiger charge is -2.32. The van der Waals surface area contributed by atoms with Gasteiger partial charge in [-0.15, -0.1) is 0 Å². The molecule has 30 heavy (non-hydrogen) atoms. The van der Waals surface area contributed by atoms with Crippen molar-refractivity contribution < 1.29 is 14.0 Å². The minimum absolute atomic E-state index is 0.103. The van der Waals surface area contributed by atoms with Crippen LogP contribution in [-0.2, 0) is 19.7 Å². The van der Waals surface area contributed by atoms with Crippen LogP contribution in [-0.4, -0.2) is 27.9 Å². The van der Waals surface area contributed by atoms with E-state index < -0.39 is 0 Å². The lowest BCUT2D eigenvalue weighted by atomic mass is 9.86. The summed E-state index contributed by atoms with van der Waals surface area (Å²) in [6.45, 7) is 12.5. The standard InChI is InChI=1S/C23H32N4O3/c1-16-19(17(2)30-26-16)14-29-20-8-7-18(11-21(20)28-6)12-25-22(23(3,4)5)13-27-10-9-24-15-27/h7-11,15,22,25H,12-14H2,1-6H3/t22-/m1/s1. The van der Waals surface area contributed by atoms with E-state index in [1.54, 1.807) is 7.11 Å². The highest BCUT2D eigenvalue weighted by atomic mass is 16.5. The number of hydrogen-bond donors (Lipinski definition) is 1. The third kappa shape index (κ3) is 5.42. The van der Waals surface area contributed by atoms with Crippen LogP contribution in [0.4, 0.5) is 0 Å². The fraction of sp³-hybridized carbons (Fsp3) is 0.478. The first-order chi connectivity index (χ1) is 14.3. The molecule has 162 valence electrons. The van der Waals surface area contributed by atoms with Crippen molar-refractivity contribution >= 4 is 0 Å². The van der Waals surface area contributed by atoms with Crippen molar-refractivity contribution in [3.05, 3.63) is 59.5 Å². The smallest absolute Gasteiger partial charge is 0.161 e. The van der Waals surface area contributed by atoms with Crippen LogP contribution >= 0.6 is 0 Å². The number of nitrogens with zero attached hydrogens (tertiary/aromatic N) is 3. The second-order valence-electron chi connectivity index (χ2n) is 8.64. The molecule has 3 rings (SSSR count). The van der Waals surface area contributed by atoms with Crippen LogP contribution in [0.15, 0.2) is 41.4 Å². The van der Waals surface area contributed by atoms with Gasteiger partial charge < -0.3 is 23.9 Å². The van der Waals surface area contributed by atoms with Crippen molar-refractivity contribution in [3.63, 3.8) is 0 Å². The molecule has 3 aromatic rings. The minimum atomic E-state index is 0.103. The topological polar surface area (TPSA) is 74.3 Å². The summed E-state index contributed by atoms with van der Waals surface area (Å²) in [6, 6.07) is 6.32. The van der Waals surface area contributed by atoms with E-state index in [0.29, 0.717) is 18.1 Å². The third-order valence-electron chi connectivity index (χ3n) is 5.33. The number of hydrogen-bond acceptors (Lipinski definition) is 6. The largest absolute Gasteiger partial charge is 0.493 e. The Morgan fingerprint density at radius 3 is 2.60 bits per heavy atom. The molecule has 0 aliphatic carbocycles. The third-order valence-corrected chi connectivity index (χ3v) is 5.33. The fourth-order valence-corrected chi connectivity index (χ4v) is 3.29. The zero-order valence-corrected chi connectivity index (χ0v) is 18.7. The molecule has 0 aliphatic heterocycles. The van der Waals surface area contributed by atoms with Crippen molar-refractivity contribution in [2.24, 2.45) is 5.41 Å². The summed E-state index contributed by atoms with van der Waals surface area (Å²) in [6.07, 6.45) is 5.66. The number of methoxy groups -OCH3 is 1. The van der Waals surface area contributed by atoms with Gasteiger partial charge in [-0.2, -0.15) is 0 Å². The lowest BCUT2D eigenvalue weighted by molar-refractivity contribution is 0.240. The van der Waals surface area contributed by atoms with Crippen LogP contribution in [0.2, 0.25) is 0 Å². The first kappa shape index (κ1) is 21.9. The van der Waals surface area contributed by atoms with E-state index in [0.717, 1.165) is 35.7 Å². The number of benzene rings is 1. The van der Waals surface area contributed by atoms with E-state index in [-0.39, 0.29) is 11.5 Å². The average molecular weight is 413 g/mol. The predicted molar refractivity (Wildman–Crippen MR) is 116 cm³/mol. The Labute approximate surface area is 178 Å². The van der Waals surface area contributed by atoms with Crippen LogP contribution in [0, 0.1) is 19.3 Å². The van der Waals surface area contributed by atoms with Gasteiger partial charge in [-0.25, -0.2) is 4.98 Å². The normalized spacial score (nSPS) is 12.7. The van der Waals surface area contributed by atoms with Gasteiger partial charge in [-0.05, 0) is 37.0 Å². The SMILES string of the molecule is COc1cc(CN[C@H](Cn2ccnc2)C(C)(C)C)ccc1OCc1c(C)noc1C. The Kier molecular flexibility index (Phi) is 6.82. The van der Waals surface area contributed by atoms with Crippen LogP contribution in [0.5, 0.6) is 11.5 Å². The quantitative estimate of drug-likeness (QED) is 0.565. The first-order valence-electron chi connectivity index (χ1n) is 10.2. The van der Waals surface area contributed by atoms with Gasteiger partial charge in [0.15, 0.2) is 11.5 Å². The molecule has 2 aromatic heterocycles. The molecule has 0 radical (unpaired) electrons. The van der Waals surface area contributed by atoms with E-state index in [9.17, 15) is 0 Å². The van der Waals surface area contributed by atoms with Crippen LogP contribution in [0.25, 0.3) is 0 Å². The van der Waals surface area contributed by atoms with Gasteiger partial charge in [-0.3, -0.25) is 0 Å². The molecule has 7 nitrogen and oxygen atoms in total. The van der Waals surface area contributed by atoms with Crippen molar-refractivity contribution in [1.82, 2.24) is 20.0 Å². The van der Waals surface area contributed by atoms with E-state index in [1.165, 1.54) is 0 Å². The van der Waals surface area contributed by atoms with E-state index in [2.05, 4.69) is 46.9 Å². The summed E-state index contributed by atoms with van der Waals surface area (Å²) in [5.74, 6) is 2.19. The molecule has 7 heteroatoms. The number of nitrogens with one attached hydrogen (secondary N) is 1. The number of ether oxygens (including phenoxy) is 2. The molecular formula is C23H32N4O3. The molecule has 0 amide bonds. The Bertz CT molecular complexity index is 923. The van der Waals surface area contributed by atoms with E-state index >= 15 is 0 Å². The Morgan fingerprint density at radius 1 is 1.20 bits per heavy atom. The molecule has 0 fully saturated rings. The molecule has 0 saturated heterocycles. The van der Waals surface area contributed by atoms with Gasteiger partial charge in [0.25, 0.3) is 0 Å². The summed E-state index contributed by atoms with van der Waals surface area (Å²) >= 11 is 0. The van der Waals surface area contributed by atoms with Gasteiger partial charge in [0.05, 0.1) is 24.7 Å². The minimum Gasteiger partial charge on any atom is -0.493 e. The molecule has 0 bridgehead atoms. The highest BCUT2D eigenvalue weighted by Crippen LogP contribution is 2.30. The maximum Gasteiger partial charge on any atom is 0.161 e. The Morgan fingerprint density at radius 2 is 2.00 bits per heavy atom. The summed E-state index contributed by atoms with van der Waals surface area (Å²) in [4.78, 5) is 4.15. The van der Waals surface area contributed by atoms with Gasteiger partial charge in [-0.1, -0.05) is 32.0 Å². The zero-order valence-electron chi connectivity index (χ0n) is 18.7. The molecule has 2 heterocycles. The summed E-state index contributed by atoms with van der Waals surface area (Å²) < 4.78 is 18.9. The second-order valence-corrected chi connectivity index (χ2v) is 8.64. The molecule has 1 atom stereocenters. The summed E-state index contributed by atoms with van der Waals surface area (Å²) in [5.41, 5.74) is 3.05. The molecular weight excluding hydrogens is 380 g/mol. The monoisotopic (exact) mass is 412 g/mol. The van der Waals surface area contributed by atoms with Gasteiger partial charge in [0, 0.05) is 31.5 Å². The van der Waals surface area contributed by atoms with E-state index in [1.807, 2.05) is 44.7 Å². The predicted octanol–water partition coefficient (Wildman–Crippen LogP) is 4.28. The summed E-state index contributed by atoms with van der Waals surface area (Å²) in [5, 5.41) is 7.66. The molecule has 1 N–H and O–H groups in total. The highest BCUT2D eigenvalue weighted by molar-refractivity contribution is 5.43. The van der Waals surface area contributed by atoms with Crippen LogP contribution in [0.3, 0.4) is 0 Å². The Balaban J connectivity index is 1.66. The number of imidazole rings is 1. The molecule has 0 spiro atoms. The maximum absolute atomic E-state index is 5.98. The van der Waals surface area contributed by atoms with Crippen molar-refractivity contribution in [1.29, 1.82) is 0 Å². The van der Waals surface area contributed by atoms with Gasteiger partial charge >= 0.3 is 0 Å². The highest BCUT2D eigenvalue weighted by Gasteiger charge is 2.24. The number of aryl methyl sites for hydroxylation is 2.